The number of unbranched alkanes of at least 4 members (excludes halogenated alkanes) is 3. The lowest BCUT2D eigenvalue weighted by atomic mass is 9.80. The summed E-state index contributed by atoms with van der Waals surface area (Å²) >= 11 is 0. The van der Waals surface area contributed by atoms with E-state index in [1.165, 1.54) is 12.2 Å². The van der Waals surface area contributed by atoms with Crippen molar-refractivity contribution >= 4 is 23.0 Å². The number of carbonyl (C=O) groups is 3. The first-order valence-electron chi connectivity index (χ1n) is 9.55. The van der Waals surface area contributed by atoms with Crippen LogP contribution in [0.5, 0.6) is 0 Å². The highest BCUT2D eigenvalue weighted by Crippen LogP contribution is 2.45. The smallest absolute Gasteiger partial charge is 0.258 e. The first-order chi connectivity index (χ1) is 13.0. The Labute approximate surface area is 160 Å². The van der Waals surface area contributed by atoms with Crippen molar-refractivity contribution in [1.82, 2.24) is 4.90 Å². The molecule has 1 spiro atoms. The maximum Gasteiger partial charge on any atom is 0.258 e. The Morgan fingerprint density at radius 3 is 2.30 bits per heavy atom. The molecule has 1 aliphatic carbocycles. The minimum absolute atomic E-state index is 0.114. The van der Waals surface area contributed by atoms with Crippen LogP contribution in [0.4, 0.5) is 0 Å². The summed E-state index contributed by atoms with van der Waals surface area (Å²) in [6.07, 6.45) is 10.7. The molecule has 0 aromatic heterocycles. The highest BCUT2D eigenvalue weighted by molar-refractivity contribution is 6.29. The number of rotatable bonds is 7. The fraction of sp³-hybridized carbons (Fsp3) is 0.348. The van der Waals surface area contributed by atoms with Crippen molar-refractivity contribution in [3.8, 4) is 0 Å². The van der Waals surface area contributed by atoms with Crippen LogP contribution in [-0.4, -0.2) is 35.0 Å². The monoisotopic (exact) mass is 363 g/mol. The third-order valence-electron chi connectivity index (χ3n) is 5.33. The molecule has 1 aliphatic heterocycles. The number of nitrogens with zero attached hydrogens (tertiary/aromatic N) is 1. The van der Waals surface area contributed by atoms with Crippen molar-refractivity contribution in [3.05, 3.63) is 65.8 Å². The summed E-state index contributed by atoms with van der Waals surface area (Å²) in [6.45, 7) is 2.13. The number of hydrogen-bond donors (Lipinski definition) is 0. The zero-order valence-corrected chi connectivity index (χ0v) is 15.9. The minimum atomic E-state index is -0.888. The molecule has 0 bridgehead atoms. The number of hydrogen-bond acceptors (Lipinski definition) is 3. The van der Waals surface area contributed by atoms with Gasteiger partial charge in [-0.05, 0) is 36.3 Å². The van der Waals surface area contributed by atoms with E-state index in [2.05, 4.69) is 6.92 Å². The average Bonchev–Trinajstić information content (AvgIpc) is 2.90. The van der Waals surface area contributed by atoms with Gasteiger partial charge in [0, 0.05) is 19.0 Å². The van der Waals surface area contributed by atoms with Crippen molar-refractivity contribution in [1.29, 1.82) is 0 Å². The molecule has 4 heteroatoms. The Bertz CT molecular complexity index is 830. The number of ketones is 2. The van der Waals surface area contributed by atoms with Crippen LogP contribution in [0.15, 0.2) is 60.2 Å². The summed E-state index contributed by atoms with van der Waals surface area (Å²) in [5.74, 6) is -0.511. The first-order valence-corrected chi connectivity index (χ1v) is 9.55. The van der Waals surface area contributed by atoms with Crippen molar-refractivity contribution in [3.63, 3.8) is 0 Å². The molecule has 1 heterocycles. The molecule has 0 fully saturated rings. The largest absolute Gasteiger partial charge is 0.325 e. The fourth-order valence-corrected chi connectivity index (χ4v) is 3.81. The SMILES string of the molecule is CCCCCCC(=O)C1=C(c2ccccc2)C2(C=CC(=O)C=C2)N(C)C1=O. The van der Waals surface area contributed by atoms with Gasteiger partial charge < -0.3 is 4.90 Å². The number of allylic oxidation sites excluding steroid dienone is 2. The number of carbonyl (C=O) groups excluding carboxylic acids is 3. The van der Waals surface area contributed by atoms with E-state index in [1.807, 2.05) is 30.3 Å². The second-order valence-corrected chi connectivity index (χ2v) is 7.11. The van der Waals surface area contributed by atoms with Crippen LogP contribution in [0, 0.1) is 0 Å². The van der Waals surface area contributed by atoms with Crippen LogP contribution in [-0.2, 0) is 14.4 Å². The third-order valence-corrected chi connectivity index (χ3v) is 5.33. The van der Waals surface area contributed by atoms with E-state index >= 15 is 0 Å². The summed E-state index contributed by atoms with van der Waals surface area (Å²) in [7, 11) is 1.69. The van der Waals surface area contributed by atoms with Crippen LogP contribution in [0.25, 0.3) is 5.57 Å². The zero-order valence-electron chi connectivity index (χ0n) is 15.9. The Kier molecular flexibility index (Phi) is 5.54. The van der Waals surface area contributed by atoms with E-state index in [4.69, 9.17) is 0 Å². The first kappa shape index (κ1) is 19.0. The van der Waals surface area contributed by atoms with E-state index in [9.17, 15) is 14.4 Å². The van der Waals surface area contributed by atoms with Crippen LogP contribution >= 0.6 is 0 Å². The zero-order chi connectivity index (χ0) is 19.4. The molecule has 1 amide bonds. The lowest BCUT2D eigenvalue weighted by molar-refractivity contribution is -0.128. The van der Waals surface area contributed by atoms with Crippen LogP contribution in [0.2, 0.25) is 0 Å². The van der Waals surface area contributed by atoms with E-state index in [0.29, 0.717) is 12.0 Å². The van der Waals surface area contributed by atoms with Crippen LogP contribution in [0.1, 0.15) is 44.6 Å². The fourth-order valence-electron chi connectivity index (χ4n) is 3.81. The predicted octanol–water partition coefficient (Wildman–Crippen LogP) is 3.89. The average molecular weight is 363 g/mol. The van der Waals surface area contributed by atoms with Gasteiger partial charge in [0.25, 0.3) is 5.91 Å². The molecular weight excluding hydrogens is 338 g/mol. The van der Waals surface area contributed by atoms with Crippen LogP contribution < -0.4 is 0 Å². The van der Waals surface area contributed by atoms with Gasteiger partial charge in [0.15, 0.2) is 11.6 Å². The predicted molar refractivity (Wildman–Crippen MR) is 106 cm³/mol. The summed E-state index contributed by atoms with van der Waals surface area (Å²) < 4.78 is 0. The van der Waals surface area contributed by atoms with E-state index in [1.54, 1.807) is 24.1 Å². The Morgan fingerprint density at radius 1 is 1.00 bits per heavy atom. The van der Waals surface area contributed by atoms with E-state index in [0.717, 1.165) is 31.2 Å². The number of Topliss-reactive ketones (excluding diaryl/α,β-unsaturated/α-hetero) is 1. The summed E-state index contributed by atoms with van der Waals surface area (Å²) in [5.41, 5.74) is 0.872. The summed E-state index contributed by atoms with van der Waals surface area (Å²) in [5, 5.41) is 0. The lowest BCUT2D eigenvalue weighted by Crippen LogP contribution is -2.43. The highest BCUT2D eigenvalue weighted by atomic mass is 16.2. The molecular formula is C23H25NO3. The molecule has 27 heavy (non-hydrogen) atoms. The van der Waals surface area contributed by atoms with Crippen LogP contribution in [0.3, 0.4) is 0 Å². The summed E-state index contributed by atoms with van der Waals surface area (Å²) in [4.78, 5) is 39.3. The topological polar surface area (TPSA) is 54.5 Å². The molecule has 1 aromatic carbocycles. The van der Waals surface area contributed by atoms with Gasteiger partial charge in [0.2, 0.25) is 0 Å². The minimum Gasteiger partial charge on any atom is -0.325 e. The molecule has 1 aromatic rings. The molecule has 0 radical (unpaired) electrons. The van der Waals surface area contributed by atoms with E-state index in [-0.39, 0.29) is 23.0 Å². The van der Waals surface area contributed by atoms with Gasteiger partial charge in [-0.3, -0.25) is 14.4 Å². The van der Waals surface area contributed by atoms with Gasteiger partial charge in [-0.25, -0.2) is 0 Å². The van der Waals surface area contributed by atoms with Gasteiger partial charge >= 0.3 is 0 Å². The molecule has 0 saturated heterocycles. The lowest BCUT2D eigenvalue weighted by Gasteiger charge is -2.34. The van der Waals surface area contributed by atoms with Gasteiger partial charge in [0.1, 0.15) is 5.54 Å². The molecule has 2 aliphatic rings. The van der Waals surface area contributed by atoms with Crippen molar-refractivity contribution in [2.45, 2.75) is 44.6 Å². The molecule has 4 nitrogen and oxygen atoms in total. The van der Waals surface area contributed by atoms with E-state index < -0.39 is 5.54 Å². The Morgan fingerprint density at radius 2 is 1.67 bits per heavy atom. The Balaban J connectivity index is 2.08. The number of likely N-dealkylation sites (N-methyl/N-ethyl adjacent to an activating group) is 1. The maximum atomic E-state index is 13.1. The molecule has 0 unspecified atom stereocenters. The Hall–Kier alpha value is -2.75. The normalized spacial score (nSPS) is 18.1. The number of benzene rings is 1. The van der Waals surface area contributed by atoms with Crippen molar-refractivity contribution in [2.75, 3.05) is 7.05 Å². The molecule has 140 valence electrons. The summed E-state index contributed by atoms with van der Waals surface area (Å²) in [6, 6.07) is 9.50. The molecule has 0 saturated carbocycles. The second-order valence-electron chi connectivity index (χ2n) is 7.11. The molecule has 3 rings (SSSR count). The second kappa shape index (κ2) is 7.87. The van der Waals surface area contributed by atoms with Gasteiger partial charge in [-0.2, -0.15) is 0 Å². The quantitative estimate of drug-likeness (QED) is 0.546. The van der Waals surface area contributed by atoms with Gasteiger partial charge in [-0.1, -0.05) is 56.5 Å². The number of amides is 1. The maximum absolute atomic E-state index is 13.1. The van der Waals surface area contributed by atoms with Gasteiger partial charge in [0.05, 0.1) is 5.57 Å². The van der Waals surface area contributed by atoms with Gasteiger partial charge in [-0.15, -0.1) is 0 Å². The standard InChI is InChI=1S/C23H25NO3/c1-3-4-5-9-12-19(26)20-21(17-10-7-6-8-11-17)23(24(2)22(20)27)15-13-18(25)14-16-23/h6-8,10-11,13-16H,3-5,9,12H2,1-2H3. The van der Waals surface area contributed by atoms with Crippen molar-refractivity contribution < 1.29 is 14.4 Å². The third kappa shape index (κ3) is 3.44. The molecule has 0 N–H and O–H groups in total. The van der Waals surface area contributed by atoms with Crippen molar-refractivity contribution in [2.24, 2.45) is 0 Å². The molecule has 0 atom stereocenters. The highest BCUT2D eigenvalue weighted by Gasteiger charge is 2.49.